The fourth-order valence-corrected chi connectivity index (χ4v) is 3.01. The van der Waals surface area contributed by atoms with E-state index in [1.54, 1.807) is 12.1 Å². The van der Waals surface area contributed by atoms with E-state index in [4.69, 9.17) is 0 Å². The molecule has 1 aromatic carbocycles. The standard InChI is InChI=1S/C16H23F/c1-16(2,3)14-6-4-5-13(11-14)12-7-9-15(17)10-8-12/h7-10,13-14H,4-6,11H2,1-3H3/t13-,14?/m0/s1. The Bertz CT molecular complexity index is 358. The van der Waals surface area contributed by atoms with Gasteiger partial charge in [-0.15, -0.1) is 0 Å². The van der Waals surface area contributed by atoms with Crippen LogP contribution in [0, 0.1) is 17.2 Å². The number of benzene rings is 1. The third-order valence-electron chi connectivity index (χ3n) is 4.24. The van der Waals surface area contributed by atoms with E-state index in [1.807, 2.05) is 12.1 Å². The molecule has 0 radical (unpaired) electrons. The molecule has 1 unspecified atom stereocenters. The Kier molecular flexibility index (Phi) is 3.56. The fourth-order valence-electron chi connectivity index (χ4n) is 3.01. The first kappa shape index (κ1) is 12.6. The van der Waals surface area contributed by atoms with Crippen LogP contribution in [-0.4, -0.2) is 0 Å². The zero-order valence-electron chi connectivity index (χ0n) is 11.2. The van der Waals surface area contributed by atoms with Crippen molar-refractivity contribution >= 4 is 0 Å². The molecule has 1 aliphatic rings. The van der Waals surface area contributed by atoms with Crippen LogP contribution in [0.25, 0.3) is 0 Å². The SMILES string of the molecule is CC(C)(C)C1CCC[C@H](c2ccc(F)cc2)C1. The van der Waals surface area contributed by atoms with Crippen LogP contribution in [0.15, 0.2) is 24.3 Å². The highest BCUT2D eigenvalue weighted by atomic mass is 19.1. The van der Waals surface area contributed by atoms with E-state index in [-0.39, 0.29) is 5.82 Å². The number of hydrogen-bond acceptors (Lipinski definition) is 0. The molecule has 0 spiro atoms. The molecule has 0 aliphatic heterocycles. The van der Waals surface area contributed by atoms with Gasteiger partial charge < -0.3 is 0 Å². The Labute approximate surface area is 104 Å². The first-order chi connectivity index (χ1) is 7.97. The summed E-state index contributed by atoms with van der Waals surface area (Å²) >= 11 is 0. The van der Waals surface area contributed by atoms with Crippen molar-refractivity contribution < 1.29 is 4.39 Å². The maximum Gasteiger partial charge on any atom is 0.123 e. The normalized spacial score (nSPS) is 25.9. The van der Waals surface area contributed by atoms with E-state index < -0.39 is 0 Å². The van der Waals surface area contributed by atoms with Gasteiger partial charge in [-0.3, -0.25) is 0 Å². The first-order valence-electron chi connectivity index (χ1n) is 6.72. The van der Waals surface area contributed by atoms with Crippen molar-refractivity contribution in [2.24, 2.45) is 11.3 Å². The minimum atomic E-state index is -0.128. The molecule has 17 heavy (non-hydrogen) atoms. The Balaban J connectivity index is 2.09. The molecule has 1 aromatic rings. The van der Waals surface area contributed by atoms with Gasteiger partial charge in [0.1, 0.15) is 5.82 Å². The summed E-state index contributed by atoms with van der Waals surface area (Å²) < 4.78 is 12.9. The predicted octanol–water partition coefficient (Wildman–Crippen LogP) is 5.15. The van der Waals surface area contributed by atoms with Crippen molar-refractivity contribution in [2.75, 3.05) is 0 Å². The van der Waals surface area contributed by atoms with Crippen LogP contribution in [0.1, 0.15) is 57.9 Å². The van der Waals surface area contributed by atoms with Gasteiger partial charge in [0.15, 0.2) is 0 Å². The Morgan fingerprint density at radius 1 is 1.06 bits per heavy atom. The average molecular weight is 234 g/mol. The smallest absolute Gasteiger partial charge is 0.123 e. The molecule has 1 heteroatoms. The van der Waals surface area contributed by atoms with E-state index >= 15 is 0 Å². The lowest BCUT2D eigenvalue weighted by Gasteiger charge is -2.38. The quantitative estimate of drug-likeness (QED) is 0.630. The van der Waals surface area contributed by atoms with Crippen molar-refractivity contribution in [3.05, 3.63) is 35.6 Å². The lowest BCUT2D eigenvalue weighted by atomic mass is 9.68. The molecule has 0 N–H and O–H groups in total. The third-order valence-corrected chi connectivity index (χ3v) is 4.24. The summed E-state index contributed by atoms with van der Waals surface area (Å²) in [5, 5.41) is 0. The van der Waals surface area contributed by atoms with E-state index in [9.17, 15) is 4.39 Å². The van der Waals surface area contributed by atoms with Crippen molar-refractivity contribution in [1.82, 2.24) is 0 Å². The molecule has 2 atom stereocenters. The highest BCUT2D eigenvalue weighted by Gasteiger charge is 2.31. The lowest BCUT2D eigenvalue weighted by molar-refractivity contribution is 0.165. The van der Waals surface area contributed by atoms with E-state index in [1.165, 1.54) is 31.2 Å². The van der Waals surface area contributed by atoms with Crippen LogP contribution in [-0.2, 0) is 0 Å². The summed E-state index contributed by atoms with van der Waals surface area (Å²) in [5.74, 6) is 1.30. The van der Waals surface area contributed by atoms with Crippen molar-refractivity contribution in [3.63, 3.8) is 0 Å². The molecular weight excluding hydrogens is 211 g/mol. The van der Waals surface area contributed by atoms with Crippen LogP contribution >= 0.6 is 0 Å². The van der Waals surface area contributed by atoms with Crippen LogP contribution in [0.2, 0.25) is 0 Å². The van der Waals surface area contributed by atoms with Crippen LogP contribution < -0.4 is 0 Å². The largest absolute Gasteiger partial charge is 0.207 e. The van der Waals surface area contributed by atoms with Crippen molar-refractivity contribution in [3.8, 4) is 0 Å². The number of hydrogen-bond donors (Lipinski definition) is 0. The minimum absolute atomic E-state index is 0.128. The van der Waals surface area contributed by atoms with Gasteiger partial charge in [-0.05, 0) is 54.2 Å². The lowest BCUT2D eigenvalue weighted by Crippen LogP contribution is -2.26. The molecule has 0 bridgehead atoms. The van der Waals surface area contributed by atoms with Gasteiger partial charge in [-0.2, -0.15) is 0 Å². The average Bonchev–Trinajstić information content (AvgIpc) is 2.29. The Hall–Kier alpha value is -0.850. The Morgan fingerprint density at radius 2 is 1.71 bits per heavy atom. The second-order valence-electron chi connectivity index (χ2n) is 6.48. The van der Waals surface area contributed by atoms with Gasteiger partial charge >= 0.3 is 0 Å². The second-order valence-corrected chi connectivity index (χ2v) is 6.48. The van der Waals surface area contributed by atoms with Crippen LogP contribution in [0.4, 0.5) is 4.39 Å². The summed E-state index contributed by atoms with van der Waals surface area (Å²) in [5.41, 5.74) is 1.72. The fraction of sp³-hybridized carbons (Fsp3) is 0.625. The molecule has 1 saturated carbocycles. The van der Waals surface area contributed by atoms with Gasteiger partial charge in [0.2, 0.25) is 0 Å². The van der Waals surface area contributed by atoms with Crippen LogP contribution in [0.5, 0.6) is 0 Å². The van der Waals surface area contributed by atoms with Crippen molar-refractivity contribution in [1.29, 1.82) is 0 Å². The second kappa shape index (κ2) is 4.80. The molecule has 0 heterocycles. The molecule has 0 saturated heterocycles. The van der Waals surface area contributed by atoms with Gasteiger partial charge in [-0.1, -0.05) is 39.3 Å². The summed E-state index contributed by atoms with van der Waals surface area (Å²) in [4.78, 5) is 0. The third kappa shape index (κ3) is 3.08. The predicted molar refractivity (Wildman–Crippen MR) is 70.6 cm³/mol. The van der Waals surface area contributed by atoms with E-state index in [2.05, 4.69) is 20.8 Å². The monoisotopic (exact) mass is 234 g/mol. The molecule has 1 fully saturated rings. The molecule has 0 nitrogen and oxygen atoms in total. The van der Waals surface area contributed by atoms with Gasteiger partial charge in [0.25, 0.3) is 0 Å². The maximum atomic E-state index is 12.9. The summed E-state index contributed by atoms with van der Waals surface area (Å²) in [6, 6.07) is 7.11. The Morgan fingerprint density at radius 3 is 2.29 bits per heavy atom. The van der Waals surface area contributed by atoms with Gasteiger partial charge in [0.05, 0.1) is 0 Å². The minimum Gasteiger partial charge on any atom is -0.207 e. The topological polar surface area (TPSA) is 0 Å². The van der Waals surface area contributed by atoms with Gasteiger partial charge in [-0.25, -0.2) is 4.39 Å². The number of halogens is 1. The zero-order valence-corrected chi connectivity index (χ0v) is 11.2. The summed E-state index contributed by atoms with van der Waals surface area (Å²) in [6.07, 6.45) is 5.18. The maximum absolute atomic E-state index is 12.9. The highest BCUT2D eigenvalue weighted by Crippen LogP contribution is 2.43. The van der Waals surface area contributed by atoms with Crippen LogP contribution in [0.3, 0.4) is 0 Å². The summed E-state index contributed by atoms with van der Waals surface area (Å²) in [7, 11) is 0. The molecule has 0 amide bonds. The molecular formula is C16H23F. The summed E-state index contributed by atoms with van der Waals surface area (Å²) in [6.45, 7) is 7.01. The zero-order chi connectivity index (χ0) is 12.5. The van der Waals surface area contributed by atoms with E-state index in [0.29, 0.717) is 11.3 Å². The molecule has 0 aromatic heterocycles. The molecule has 94 valence electrons. The van der Waals surface area contributed by atoms with Crippen molar-refractivity contribution in [2.45, 2.75) is 52.4 Å². The highest BCUT2D eigenvalue weighted by molar-refractivity contribution is 5.21. The van der Waals surface area contributed by atoms with Gasteiger partial charge in [0, 0.05) is 0 Å². The molecule has 2 rings (SSSR count). The van der Waals surface area contributed by atoms with E-state index in [0.717, 1.165) is 5.92 Å². The first-order valence-corrected chi connectivity index (χ1v) is 6.72. The number of rotatable bonds is 1. The molecule has 1 aliphatic carbocycles.